The summed E-state index contributed by atoms with van der Waals surface area (Å²) in [5.74, 6) is 3.67. The van der Waals surface area contributed by atoms with E-state index in [0.717, 1.165) is 0 Å². The number of methoxy groups -OCH3 is 3. The summed E-state index contributed by atoms with van der Waals surface area (Å²) >= 11 is 1.21. The van der Waals surface area contributed by atoms with Crippen molar-refractivity contribution < 1.29 is 33.2 Å². The fourth-order valence-corrected chi connectivity index (χ4v) is 5.59. The molecule has 3 aromatic rings. The van der Waals surface area contributed by atoms with Crippen LogP contribution in [0, 0.1) is 12.3 Å². The van der Waals surface area contributed by atoms with E-state index < -0.39 is 12.0 Å². The maximum absolute atomic E-state index is 14.1. The van der Waals surface area contributed by atoms with Gasteiger partial charge in [-0.15, -0.1) is 6.42 Å². The number of aromatic nitrogens is 1. The highest BCUT2D eigenvalue weighted by Gasteiger charge is 2.36. The van der Waals surface area contributed by atoms with Gasteiger partial charge in [0.15, 0.2) is 27.8 Å². The normalized spacial score (nSPS) is 14.5. The lowest BCUT2D eigenvalue weighted by Crippen LogP contribution is -2.40. The highest BCUT2D eigenvalue weighted by atomic mass is 32.1. The second-order valence-corrected chi connectivity index (χ2v) is 9.93. The van der Waals surface area contributed by atoms with E-state index in [4.69, 9.17) is 34.8 Å². The third kappa shape index (κ3) is 6.20. The number of benzene rings is 2. The number of para-hydroxylation sites is 1. The van der Waals surface area contributed by atoms with Crippen LogP contribution in [0.5, 0.6) is 23.0 Å². The molecule has 220 valence electrons. The summed E-state index contributed by atoms with van der Waals surface area (Å²) in [6.07, 6.45) is 7.04. The first-order valence-corrected chi connectivity index (χ1v) is 13.9. The summed E-state index contributed by atoms with van der Waals surface area (Å²) in [6.45, 7) is 4.27. The molecule has 2 aromatic carbocycles. The lowest BCUT2D eigenvalue weighted by atomic mass is 9.94. The van der Waals surface area contributed by atoms with Crippen molar-refractivity contribution in [2.75, 3.05) is 47.8 Å². The van der Waals surface area contributed by atoms with Crippen LogP contribution in [0.15, 0.2) is 57.5 Å². The lowest BCUT2D eigenvalue weighted by molar-refractivity contribution is -0.140. The maximum Gasteiger partial charge on any atom is 0.338 e. The van der Waals surface area contributed by atoms with E-state index in [2.05, 4.69) is 10.9 Å². The number of ether oxygens (including phenoxy) is 6. The second kappa shape index (κ2) is 13.9. The van der Waals surface area contributed by atoms with E-state index >= 15 is 0 Å². The van der Waals surface area contributed by atoms with Crippen LogP contribution in [0.3, 0.4) is 0 Å². The highest BCUT2D eigenvalue weighted by molar-refractivity contribution is 7.07. The van der Waals surface area contributed by atoms with Crippen LogP contribution in [-0.2, 0) is 14.3 Å². The van der Waals surface area contributed by atoms with Gasteiger partial charge in [-0.2, -0.15) is 0 Å². The van der Waals surface area contributed by atoms with Gasteiger partial charge in [0.2, 0.25) is 0 Å². The van der Waals surface area contributed by atoms with Crippen molar-refractivity contribution in [3.63, 3.8) is 0 Å². The molecule has 11 heteroatoms. The molecule has 0 fully saturated rings. The fourth-order valence-electron chi connectivity index (χ4n) is 4.54. The topological polar surface area (TPSA) is 107 Å². The Labute approximate surface area is 247 Å². The monoisotopic (exact) mass is 592 g/mol. The summed E-state index contributed by atoms with van der Waals surface area (Å²) < 4.78 is 35.0. The fraction of sp³-hybridized carbons (Fsp3) is 0.323. The molecule has 0 spiro atoms. The molecule has 1 atom stereocenters. The van der Waals surface area contributed by atoms with Gasteiger partial charge in [0, 0.05) is 12.7 Å². The van der Waals surface area contributed by atoms with Crippen LogP contribution in [0.1, 0.15) is 31.0 Å². The van der Waals surface area contributed by atoms with E-state index in [0.29, 0.717) is 55.8 Å². The van der Waals surface area contributed by atoms with Gasteiger partial charge in [-0.3, -0.25) is 9.36 Å². The molecule has 0 saturated carbocycles. The number of terminal acetylenes is 1. The van der Waals surface area contributed by atoms with E-state index in [-0.39, 0.29) is 31.0 Å². The molecule has 42 heavy (non-hydrogen) atoms. The lowest BCUT2D eigenvalue weighted by Gasteiger charge is -2.27. The van der Waals surface area contributed by atoms with Crippen LogP contribution < -0.4 is 33.8 Å². The molecule has 2 heterocycles. The van der Waals surface area contributed by atoms with Crippen LogP contribution in [0.2, 0.25) is 0 Å². The summed E-state index contributed by atoms with van der Waals surface area (Å²) in [5, 5.41) is 0. The number of carbonyl (C=O) groups excluding carboxylic acids is 1. The van der Waals surface area contributed by atoms with E-state index in [1.54, 1.807) is 49.4 Å². The third-order valence-corrected chi connectivity index (χ3v) is 7.35. The van der Waals surface area contributed by atoms with Crippen molar-refractivity contribution in [2.24, 2.45) is 4.99 Å². The van der Waals surface area contributed by atoms with Crippen LogP contribution in [0.25, 0.3) is 6.08 Å². The molecule has 4 rings (SSSR count). The zero-order chi connectivity index (χ0) is 30.2. The number of hydrogen-bond donors (Lipinski definition) is 0. The van der Waals surface area contributed by atoms with Gasteiger partial charge in [0.05, 0.1) is 43.2 Å². The van der Waals surface area contributed by atoms with Crippen LogP contribution >= 0.6 is 11.3 Å². The van der Waals surface area contributed by atoms with Gasteiger partial charge in [0.25, 0.3) is 5.56 Å². The standard InChI is InChI=1S/C31H32N2O8S/c1-7-14-40-22-13-12-20(17-24(22)38-6)18-25-29(34)33-27(21-10-9-11-23(37-5)28(21)39-8-2)26(19(3)32-31(33)42-25)30(35)41-16-15-36-4/h1,9-13,17-18,27H,8,14-16H2,2-6H3/b25-18+/t27-/m0/s1. The Morgan fingerprint density at radius 2 is 1.88 bits per heavy atom. The van der Waals surface area contributed by atoms with Crippen molar-refractivity contribution in [3.8, 4) is 35.3 Å². The predicted molar refractivity (Wildman–Crippen MR) is 158 cm³/mol. The number of esters is 1. The zero-order valence-electron chi connectivity index (χ0n) is 24.1. The average Bonchev–Trinajstić information content (AvgIpc) is 3.29. The van der Waals surface area contributed by atoms with Crippen LogP contribution in [0.4, 0.5) is 0 Å². The molecule has 1 aliphatic rings. The Hall–Kier alpha value is -4.53. The van der Waals surface area contributed by atoms with E-state index in [9.17, 15) is 9.59 Å². The van der Waals surface area contributed by atoms with Gasteiger partial charge in [-0.1, -0.05) is 35.5 Å². The third-order valence-electron chi connectivity index (χ3n) is 6.37. The largest absolute Gasteiger partial charge is 0.493 e. The Kier molecular flexibility index (Phi) is 10.1. The number of rotatable bonds is 12. The maximum atomic E-state index is 14.1. The van der Waals surface area contributed by atoms with Crippen molar-refractivity contribution in [3.05, 3.63) is 78.5 Å². The van der Waals surface area contributed by atoms with Gasteiger partial charge in [-0.05, 0) is 43.7 Å². The molecule has 0 saturated heterocycles. The van der Waals surface area contributed by atoms with Crippen molar-refractivity contribution in [1.29, 1.82) is 0 Å². The van der Waals surface area contributed by atoms with Crippen molar-refractivity contribution in [1.82, 2.24) is 4.57 Å². The van der Waals surface area contributed by atoms with Crippen molar-refractivity contribution in [2.45, 2.75) is 19.9 Å². The molecule has 1 aromatic heterocycles. The summed E-state index contributed by atoms with van der Waals surface area (Å²) in [5.41, 5.74) is 1.57. The van der Waals surface area contributed by atoms with Gasteiger partial charge >= 0.3 is 5.97 Å². The van der Waals surface area contributed by atoms with Crippen molar-refractivity contribution >= 4 is 23.4 Å². The summed E-state index contributed by atoms with van der Waals surface area (Å²) in [7, 11) is 4.57. The molecule has 0 amide bonds. The Morgan fingerprint density at radius 1 is 1.10 bits per heavy atom. The molecule has 10 nitrogen and oxygen atoms in total. The Morgan fingerprint density at radius 3 is 2.57 bits per heavy atom. The second-order valence-electron chi connectivity index (χ2n) is 8.93. The Bertz CT molecular complexity index is 1710. The number of carbonyl (C=O) groups is 1. The first-order chi connectivity index (χ1) is 20.4. The quantitative estimate of drug-likeness (QED) is 0.180. The van der Waals surface area contributed by atoms with E-state index in [1.807, 2.05) is 6.92 Å². The number of nitrogens with zero attached hydrogens (tertiary/aromatic N) is 2. The first-order valence-electron chi connectivity index (χ1n) is 13.1. The summed E-state index contributed by atoms with van der Waals surface area (Å²) in [6, 6.07) is 9.73. The Balaban J connectivity index is 1.92. The van der Waals surface area contributed by atoms with Gasteiger partial charge < -0.3 is 28.4 Å². The smallest absolute Gasteiger partial charge is 0.338 e. The highest BCUT2D eigenvalue weighted by Crippen LogP contribution is 2.40. The number of thiazole rings is 1. The number of hydrogen-bond acceptors (Lipinski definition) is 10. The van der Waals surface area contributed by atoms with Gasteiger partial charge in [0.1, 0.15) is 19.3 Å². The molecule has 0 radical (unpaired) electrons. The minimum atomic E-state index is -0.885. The van der Waals surface area contributed by atoms with Gasteiger partial charge in [-0.25, -0.2) is 9.79 Å². The number of fused-ring (bicyclic) bond motifs is 1. The molecule has 0 aliphatic carbocycles. The molecule has 0 unspecified atom stereocenters. The minimum absolute atomic E-state index is 0.0442. The predicted octanol–water partition coefficient (Wildman–Crippen LogP) is 2.85. The molecule has 0 N–H and O–H groups in total. The SMILES string of the molecule is C#CCOc1ccc(/C=c2/sc3n(c2=O)[C@@H](c2cccc(OC)c2OCC)C(C(=O)OCCOC)=C(C)N=3)cc1OC. The summed E-state index contributed by atoms with van der Waals surface area (Å²) in [4.78, 5) is 32.6. The molecule has 0 bridgehead atoms. The van der Waals surface area contributed by atoms with Crippen LogP contribution in [-0.4, -0.2) is 58.3 Å². The molecule has 1 aliphatic heterocycles. The number of allylic oxidation sites excluding steroid dienone is 1. The first kappa shape index (κ1) is 30.4. The minimum Gasteiger partial charge on any atom is -0.493 e. The molecular weight excluding hydrogens is 560 g/mol. The zero-order valence-corrected chi connectivity index (χ0v) is 24.9. The van der Waals surface area contributed by atoms with E-state index in [1.165, 1.54) is 37.2 Å². The molecular formula is C31H32N2O8S. The average molecular weight is 593 g/mol.